The number of amides is 1. The van der Waals surface area contributed by atoms with Crippen molar-refractivity contribution < 1.29 is 9.53 Å². The highest BCUT2D eigenvalue weighted by atomic mass is 16.5. The van der Waals surface area contributed by atoms with Crippen LogP contribution in [0.1, 0.15) is 39.0 Å². The Morgan fingerprint density at radius 3 is 2.37 bits per heavy atom. The van der Waals surface area contributed by atoms with Gasteiger partial charge in [-0.3, -0.25) is 14.6 Å². The second-order valence-electron chi connectivity index (χ2n) is 8.15. The van der Waals surface area contributed by atoms with Crippen LogP contribution in [-0.2, 0) is 9.53 Å². The van der Waals surface area contributed by atoms with Crippen molar-refractivity contribution in [2.24, 2.45) is 0 Å². The normalized spacial score (nSPS) is 29.0. The fraction of sp³-hybridized carbons (Fsp3) is 0.682. The van der Waals surface area contributed by atoms with E-state index in [0.29, 0.717) is 24.5 Å². The van der Waals surface area contributed by atoms with Crippen molar-refractivity contribution in [2.45, 2.75) is 57.2 Å². The number of hydrogen-bond acceptors (Lipinski definition) is 4. The van der Waals surface area contributed by atoms with Gasteiger partial charge in [-0.1, -0.05) is 25.1 Å². The summed E-state index contributed by atoms with van der Waals surface area (Å²) in [5.74, 6) is 0.257. The summed E-state index contributed by atoms with van der Waals surface area (Å²) in [5.41, 5.74) is 1.07. The number of para-hydroxylation sites is 1. The lowest BCUT2D eigenvalue weighted by Crippen LogP contribution is -2.54. The van der Waals surface area contributed by atoms with Crippen LogP contribution in [-0.4, -0.2) is 73.2 Å². The van der Waals surface area contributed by atoms with Gasteiger partial charge < -0.3 is 9.64 Å². The van der Waals surface area contributed by atoms with E-state index in [1.165, 1.54) is 12.8 Å². The molecule has 3 fully saturated rings. The minimum atomic E-state index is 0.257. The third-order valence-corrected chi connectivity index (χ3v) is 6.61. The second-order valence-corrected chi connectivity index (χ2v) is 8.15. The van der Waals surface area contributed by atoms with E-state index in [4.69, 9.17) is 4.74 Å². The SMILES string of the molecule is CCC(=O)N(c1ccccc1)C1CC2CCC(C1)N2CCN1CCOCC1. The van der Waals surface area contributed by atoms with E-state index in [-0.39, 0.29) is 5.91 Å². The van der Waals surface area contributed by atoms with Crippen molar-refractivity contribution in [3.05, 3.63) is 30.3 Å². The molecule has 5 heteroatoms. The van der Waals surface area contributed by atoms with E-state index >= 15 is 0 Å². The van der Waals surface area contributed by atoms with Gasteiger partial charge >= 0.3 is 0 Å². The summed E-state index contributed by atoms with van der Waals surface area (Å²) in [6, 6.07) is 11.9. The summed E-state index contributed by atoms with van der Waals surface area (Å²) < 4.78 is 5.47. The zero-order valence-electron chi connectivity index (χ0n) is 16.6. The summed E-state index contributed by atoms with van der Waals surface area (Å²) in [7, 11) is 0. The molecule has 2 bridgehead atoms. The van der Waals surface area contributed by atoms with Gasteiger partial charge in [0.2, 0.25) is 5.91 Å². The fourth-order valence-corrected chi connectivity index (χ4v) is 5.22. The van der Waals surface area contributed by atoms with Crippen LogP contribution in [0.15, 0.2) is 30.3 Å². The molecule has 0 aliphatic carbocycles. The maximum Gasteiger partial charge on any atom is 0.226 e. The van der Waals surface area contributed by atoms with E-state index in [9.17, 15) is 4.79 Å². The Labute approximate surface area is 163 Å². The number of fused-ring (bicyclic) bond motifs is 2. The van der Waals surface area contributed by atoms with Gasteiger partial charge in [-0.25, -0.2) is 0 Å². The van der Waals surface area contributed by atoms with Crippen LogP contribution in [0.25, 0.3) is 0 Å². The van der Waals surface area contributed by atoms with Gasteiger partial charge in [0.1, 0.15) is 0 Å². The van der Waals surface area contributed by atoms with Gasteiger partial charge in [0, 0.05) is 56.4 Å². The number of anilines is 1. The number of hydrogen-bond donors (Lipinski definition) is 0. The molecule has 2 unspecified atom stereocenters. The van der Waals surface area contributed by atoms with Gasteiger partial charge in [0.15, 0.2) is 0 Å². The predicted molar refractivity (Wildman–Crippen MR) is 108 cm³/mol. The van der Waals surface area contributed by atoms with Crippen molar-refractivity contribution >= 4 is 11.6 Å². The lowest BCUT2D eigenvalue weighted by atomic mass is 9.95. The average Bonchev–Trinajstić information content (AvgIpc) is 2.95. The highest BCUT2D eigenvalue weighted by Crippen LogP contribution is 2.38. The summed E-state index contributed by atoms with van der Waals surface area (Å²) in [6.07, 6.45) is 5.36. The molecule has 27 heavy (non-hydrogen) atoms. The molecule has 1 aromatic rings. The first-order valence-electron chi connectivity index (χ1n) is 10.7. The van der Waals surface area contributed by atoms with Gasteiger partial charge in [0.25, 0.3) is 0 Å². The first-order valence-corrected chi connectivity index (χ1v) is 10.7. The maximum absolute atomic E-state index is 12.8. The number of nitrogens with zero attached hydrogens (tertiary/aromatic N) is 3. The minimum Gasteiger partial charge on any atom is -0.379 e. The zero-order chi connectivity index (χ0) is 18.6. The number of ether oxygens (including phenoxy) is 1. The highest BCUT2D eigenvalue weighted by molar-refractivity contribution is 5.93. The molecular formula is C22H33N3O2. The molecule has 3 aliphatic rings. The molecule has 3 saturated heterocycles. The van der Waals surface area contributed by atoms with E-state index in [1.807, 2.05) is 25.1 Å². The summed E-state index contributed by atoms with van der Waals surface area (Å²) in [4.78, 5) is 20.1. The van der Waals surface area contributed by atoms with Crippen LogP contribution >= 0.6 is 0 Å². The van der Waals surface area contributed by atoms with Crippen LogP contribution in [0.3, 0.4) is 0 Å². The maximum atomic E-state index is 12.8. The standard InChI is InChI=1S/C22H33N3O2/c1-2-22(26)25(18-6-4-3-5-7-18)21-16-19-8-9-20(17-21)24(19)11-10-23-12-14-27-15-13-23/h3-7,19-21H,2,8-17H2,1H3. The minimum absolute atomic E-state index is 0.257. The summed E-state index contributed by atoms with van der Waals surface area (Å²) in [6.45, 7) is 8.17. The van der Waals surface area contributed by atoms with Crippen molar-refractivity contribution in [3.8, 4) is 0 Å². The Hall–Kier alpha value is -1.43. The molecular weight excluding hydrogens is 338 g/mol. The van der Waals surface area contributed by atoms with Crippen molar-refractivity contribution in [3.63, 3.8) is 0 Å². The molecule has 3 heterocycles. The Kier molecular flexibility index (Phi) is 6.11. The fourth-order valence-electron chi connectivity index (χ4n) is 5.22. The monoisotopic (exact) mass is 371 g/mol. The first kappa shape index (κ1) is 18.9. The van der Waals surface area contributed by atoms with Gasteiger partial charge in [0.05, 0.1) is 13.2 Å². The lowest BCUT2D eigenvalue weighted by Gasteiger charge is -2.44. The number of benzene rings is 1. The van der Waals surface area contributed by atoms with Gasteiger partial charge in [-0.15, -0.1) is 0 Å². The number of rotatable bonds is 6. The number of piperidine rings is 1. The van der Waals surface area contributed by atoms with Crippen molar-refractivity contribution in [1.29, 1.82) is 0 Å². The quantitative estimate of drug-likeness (QED) is 0.770. The molecule has 3 aliphatic heterocycles. The molecule has 5 nitrogen and oxygen atoms in total. The van der Waals surface area contributed by atoms with E-state index in [1.54, 1.807) is 0 Å². The topological polar surface area (TPSA) is 36.0 Å². The van der Waals surface area contributed by atoms with Crippen LogP contribution in [0.4, 0.5) is 5.69 Å². The Morgan fingerprint density at radius 1 is 1.07 bits per heavy atom. The number of carbonyl (C=O) groups is 1. The highest BCUT2D eigenvalue weighted by Gasteiger charge is 2.43. The van der Waals surface area contributed by atoms with E-state index in [2.05, 4.69) is 26.8 Å². The molecule has 0 radical (unpaired) electrons. The van der Waals surface area contributed by atoms with Crippen LogP contribution in [0.5, 0.6) is 0 Å². The average molecular weight is 372 g/mol. The largest absolute Gasteiger partial charge is 0.379 e. The summed E-state index contributed by atoms with van der Waals surface area (Å²) in [5, 5.41) is 0. The molecule has 0 N–H and O–H groups in total. The van der Waals surface area contributed by atoms with Crippen LogP contribution < -0.4 is 4.90 Å². The third kappa shape index (κ3) is 4.20. The van der Waals surface area contributed by atoms with Gasteiger partial charge in [-0.05, 0) is 37.8 Å². The zero-order valence-corrected chi connectivity index (χ0v) is 16.6. The summed E-state index contributed by atoms with van der Waals surface area (Å²) >= 11 is 0. The first-order chi connectivity index (χ1) is 13.3. The molecule has 1 amide bonds. The van der Waals surface area contributed by atoms with Crippen LogP contribution in [0.2, 0.25) is 0 Å². The number of morpholine rings is 1. The van der Waals surface area contributed by atoms with E-state index in [0.717, 1.165) is 57.9 Å². The van der Waals surface area contributed by atoms with Crippen molar-refractivity contribution in [2.75, 3.05) is 44.3 Å². The molecule has 4 rings (SSSR count). The molecule has 1 aromatic carbocycles. The molecule has 2 atom stereocenters. The molecule has 0 saturated carbocycles. The second kappa shape index (κ2) is 8.72. The molecule has 0 spiro atoms. The predicted octanol–water partition coefficient (Wildman–Crippen LogP) is 2.76. The Bertz CT molecular complexity index is 603. The molecule has 148 valence electrons. The number of carbonyl (C=O) groups excluding carboxylic acids is 1. The van der Waals surface area contributed by atoms with Gasteiger partial charge in [-0.2, -0.15) is 0 Å². The van der Waals surface area contributed by atoms with E-state index < -0.39 is 0 Å². The Balaban J connectivity index is 1.41. The van der Waals surface area contributed by atoms with Crippen molar-refractivity contribution in [1.82, 2.24) is 9.80 Å². The lowest BCUT2D eigenvalue weighted by molar-refractivity contribution is -0.119. The third-order valence-electron chi connectivity index (χ3n) is 6.61. The van der Waals surface area contributed by atoms with Crippen LogP contribution in [0, 0.1) is 0 Å². The molecule has 0 aromatic heterocycles. The Morgan fingerprint density at radius 2 is 1.74 bits per heavy atom. The smallest absolute Gasteiger partial charge is 0.226 e.